The van der Waals surface area contributed by atoms with Gasteiger partial charge in [0.2, 0.25) is 20.0 Å². The van der Waals surface area contributed by atoms with Gasteiger partial charge in [-0.05, 0) is 52.7 Å². The number of sulfonamides is 2. The lowest BCUT2D eigenvalue weighted by atomic mass is 10.1. The summed E-state index contributed by atoms with van der Waals surface area (Å²) in [6, 6.07) is 3.64. The summed E-state index contributed by atoms with van der Waals surface area (Å²) in [5.74, 6) is 0. The molecule has 1 aromatic rings. The van der Waals surface area contributed by atoms with Gasteiger partial charge in [0, 0.05) is 18.6 Å². The summed E-state index contributed by atoms with van der Waals surface area (Å²) in [4.78, 5) is 0.259. The van der Waals surface area contributed by atoms with Crippen molar-refractivity contribution in [3.8, 4) is 0 Å². The third-order valence-electron chi connectivity index (χ3n) is 3.63. The third kappa shape index (κ3) is 5.27. The Labute approximate surface area is 146 Å². The maximum atomic E-state index is 12.6. The molecule has 0 saturated carbocycles. The van der Waals surface area contributed by atoms with Gasteiger partial charge >= 0.3 is 0 Å². The minimum Gasteiger partial charge on any atom is -0.212 e. The lowest BCUT2D eigenvalue weighted by Gasteiger charge is -2.33. The van der Waals surface area contributed by atoms with Crippen molar-refractivity contribution in [3.05, 3.63) is 28.8 Å². The Bertz CT molecular complexity index is 784. The second-order valence-corrected chi connectivity index (χ2v) is 10.7. The van der Waals surface area contributed by atoms with E-state index in [4.69, 9.17) is 0 Å². The Kier molecular flexibility index (Phi) is 6.25. The molecule has 0 heterocycles. The molecule has 0 atom stereocenters. The molecule has 0 fully saturated rings. The summed E-state index contributed by atoms with van der Waals surface area (Å²) in [6.07, 6.45) is 1.13. The molecule has 1 N–H and O–H groups in total. The van der Waals surface area contributed by atoms with Crippen molar-refractivity contribution in [2.24, 2.45) is 0 Å². The van der Waals surface area contributed by atoms with Crippen LogP contribution in [0.25, 0.3) is 0 Å². The first-order valence-electron chi connectivity index (χ1n) is 7.71. The van der Waals surface area contributed by atoms with Crippen molar-refractivity contribution in [1.82, 2.24) is 9.03 Å². The average Bonchev–Trinajstić information content (AvgIpc) is 2.29. The zero-order valence-corrected chi connectivity index (χ0v) is 17.1. The quantitative estimate of drug-likeness (QED) is 0.822. The van der Waals surface area contributed by atoms with E-state index in [1.807, 2.05) is 19.1 Å². The summed E-state index contributed by atoms with van der Waals surface area (Å²) < 4.78 is 52.8. The molecule has 0 bridgehead atoms. The van der Waals surface area contributed by atoms with Crippen LogP contribution in [0.15, 0.2) is 17.0 Å². The first kappa shape index (κ1) is 21.1. The lowest BCUT2D eigenvalue weighted by molar-refractivity contribution is 0.254. The fourth-order valence-corrected chi connectivity index (χ4v) is 5.83. The van der Waals surface area contributed by atoms with Crippen LogP contribution in [-0.2, 0) is 20.0 Å². The molecule has 138 valence electrons. The van der Waals surface area contributed by atoms with Crippen LogP contribution in [-0.4, -0.2) is 46.0 Å². The Balaban J connectivity index is 2.98. The van der Waals surface area contributed by atoms with Crippen LogP contribution < -0.4 is 4.72 Å². The second-order valence-electron chi connectivity index (χ2n) is 7.13. The van der Waals surface area contributed by atoms with E-state index in [0.717, 1.165) is 11.8 Å². The van der Waals surface area contributed by atoms with Crippen molar-refractivity contribution in [2.75, 3.05) is 19.3 Å². The highest BCUT2D eigenvalue weighted by molar-refractivity contribution is 7.89. The van der Waals surface area contributed by atoms with E-state index in [2.05, 4.69) is 4.72 Å². The molecule has 0 radical (unpaired) electrons. The minimum atomic E-state index is -3.70. The molecule has 0 aromatic heterocycles. The van der Waals surface area contributed by atoms with E-state index in [-0.39, 0.29) is 18.0 Å². The van der Waals surface area contributed by atoms with Gasteiger partial charge in [0.25, 0.3) is 0 Å². The van der Waals surface area contributed by atoms with E-state index < -0.39 is 25.6 Å². The van der Waals surface area contributed by atoms with Crippen LogP contribution in [0.4, 0.5) is 0 Å². The molecule has 0 aliphatic carbocycles. The van der Waals surface area contributed by atoms with Gasteiger partial charge in [-0.2, -0.15) is 4.31 Å². The highest BCUT2D eigenvalue weighted by Crippen LogP contribution is 2.22. The fourth-order valence-electron chi connectivity index (χ4n) is 2.94. The smallest absolute Gasteiger partial charge is 0.212 e. The molecule has 0 aliphatic heterocycles. The van der Waals surface area contributed by atoms with E-state index in [1.54, 1.807) is 34.6 Å². The maximum Gasteiger partial charge on any atom is 0.241 e. The van der Waals surface area contributed by atoms with E-state index in [0.29, 0.717) is 11.1 Å². The highest BCUT2D eigenvalue weighted by atomic mass is 32.2. The first-order valence-corrected chi connectivity index (χ1v) is 11.0. The predicted octanol–water partition coefficient (Wildman–Crippen LogP) is 1.95. The number of aryl methyl sites for hydroxylation is 3. The van der Waals surface area contributed by atoms with Gasteiger partial charge in [0.15, 0.2) is 0 Å². The van der Waals surface area contributed by atoms with Crippen LogP contribution in [0, 0.1) is 20.8 Å². The van der Waals surface area contributed by atoms with Crippen molar-refractivity contribution >= 4 is 20.0 Å². The van der Waals surface area contributed by atoms with Crippen LogP contribution >= 0.6 is 0 Å². The van der Waals surface area contributed by atoms with Crippen molar-refractivity contribution in [2.45, 2.75) is 52.0 Å². The molecule has 0 spiro atoms. The number of hydrogen-bond acceptors (Lipinski definition) is 4. The second kappa shape index (κ2) is 7.11. The molecule has 0 amide bonds. The standard InChI is InChI=1S/C16H28N2O4S2/c1-12-10-13(2)15(14(3)11-12)24(21,22)17-8-9-18(16(4,5)6)23(7,19)20/h10-11,17H,8-9H2,1-7H3. The van der Waals surface area contributed by atoms with Gasteiger partial charge in [-0.3, -0.25) is 0 Å². The molecule has 1 rings (SSSR count). The first-order chi connectivity index (χ1) is 10.7. The number of rotatable bonds is 6. The summed E-state index contributed by atoms with van der Waals surface area (Å²) in [6.45, 7) is 10.8. The van der Waals surface area contributed by atoms with Gasteiger partial charge in [-0.1, -0.05) is 17.7 Å². The number of hydrogen-bond donors (Lipinski definition) is 1. The Morgan fingerprint density at radius 3 is 1.83 bits per heavy atom. The normalized spacial score (nSPS) is 13.5. The summed E-state index contributed by atoms with van der Waals surface area (Å²) in [7, 11) is -7.12. The Morgan fingerprint density at radius 1 is 1.00 bits per heavy atom. The van der Waals surface area contributed by atoms with Gasteiger partial charge < -0.3 is 0 Å². The summed E-state index contributed by atoms with van der Waals surface area (Å²) in [5, 5.41) is 0. The topological polar surface area (TPSA) is 83.6 Å². The van der Waals surface area contributed by atoms with Crippen LogP contribution in [0.5, 0.6) is 0 Å². The number of nitrogens with one attached hydrogen (secondary N) is 1. The molecular weight excluding hydrogens is 348 g/mol. The maximum absolute atomic E-state index is 12.6. The van der Waals surface area contributed by atoms with Gasteiger partial charge in [0.1, 0.15) is 0 Å². The Hall–Kier alpha value is -0.960. The summed E-state index contributed by atoms with van der Waals surface area (Å²) >= 11 is 0. The molecular formula is C16H28N2O4S2. The summed E-state index contributed by atoms with van der Waals surface area (Å²) in [5.41, 5.74) is 1.74. The molecule has 0 saturated heterocycles. The average molecular weight is 377 g/mol. The molecule has 24 heavy (non-hydrogen) atoms. The molecule has 8 heteroatoms. The van der Waals surface area contributed by atoms with Crippen molar-refractivity contribution < 1.29 is 16.8 Å². The van der Waals surface area contributed by atoms with E-state index in [9.17, 15) is 16.8 Å². The lowest BCUT2D eigenvalue weighted by Crippen LogP contribution is -2.48. The predicted molar refractivity (Wildman–Crippen MR) is 97.1 cm³/mol. The zero-order chi connectivity index (χ0) is 18.9. The van der Waals surface area contributed by atoms with Gasteiger partial charge in [-0.25, -0.2) is 21.6 Å². The molecule has 1 aromatic carbocycles. The number of nitrogens with zero attached hydrogens (tertiary/aromatic N) is 1. The Morgan fingerprint density at radius 2 is 1.46 bits per heavy atom. The largest absolute Gasteiger partial charge is 0.241 e. The molecule has 6 nitrogen and oxygen atoms in total. The van der Waals surface area contributed by atoms with Crippen LogP contribution in [0.1, 0.15) is 37.5 Å². The monoisotopic (exact) mass is 376 g/mol. The molecule has 0 unspecified atom stereocenters. The van der Waals surface area contributed by atoms with Crippen LogP contribution in [0.3, 0.4) is 0 Å². The van der Waals surface area contributed by atoms with Gasteiger partial charge in [0.05, 0.1) is 11.2 Å². The van der Waals surface area contributed by atoms with Crippen LogP contribution in [0.2, 0.25) is 0 Å². The van der Waals surface area contributed by atoms with E-state index >= 15 is 0 Å². The third-order valence-corrected chi connectivity index (χ3v) is 6.93. The highest BCUT2D eigenvalue weighted by Gasteiger charge is 2.29. The van der Waals surface area contributed by atoms with Gasteiger partial charge in [-0.15, -0.1) is 0 Å². The van der Waals surface area contributed by atoms with E-state index in [1.165, 1.54) is 4.31 Å². The van der Waals surface area contributed by atoms with Crippen molar-refractivity contribution in [1.29, 1.82) is 0 Å². The fraction of sp³-hybridized carbons (Fsp3) is 0.625. The van der Waals surface area contributed by atoms with Crippen molar-refractivity contribution in [3.63, 3.8) is 0 Å². The SMILES string of the molecule is Cc1cc(C)c(S(=O)(=O)NCCN(C(C)(C)C)S(C)(=O)=O)c(C)c1. The minimum absolute atomic E-state index is 0.0133. The molecule has 0 aliphatic rings. The number of benzene rings is 1. The zero-order valence-electron chi connectivity index (χ0n) is 15.5.